The molecule has 4 aromatic rings. The molecule has 4 rings (SSSR count). The fourth-order valence-corrected chi connectivity index (χ4v) is 4.18. The van der Waals surface area contributed by atoms with Gasteiger partial charge in [0.25, 0.3) is 5.91 Å². The van der Waals surface area contributed by atoms with Crippen LogP contribution in [0.5, 0.6) is 0 Å². The third-order valence-electron chi connectivity index (χ3n) is 6.16. The monoisotopic (exact) mass is 430 g/mol. The number of rotatable bonds is 5. The van der Waals surface area contributed by atoms with Crippen molar-refractivity contribution in [3.63, 3.8) is 0 Å². The highest BCUT2D eigenvalue weighted by atomic mass is 16.2. The maximum Gasteiger partial charge on any atom is 0.254 e. The van der Waals surface area contributed by atoms with Gasteiger partial charge in [-0.05, 0) is 40.7 Å². The zero-order valence-electron chi connectivity index (χ0n) is 19.9. The first-order valence-corrected chi connectivity index (χ1v) is 10.9. The number of aromatic nitrogens is 5. The number of aryl methyl sites for hydroxylation is 5. The number of hydrogen-bond donors (Lipinski definition) is 0. The number of carbonyl (C=O) groups excluding carboxylic acids is 1. The van der Waals surface area contributed by atoms with E-state index in [4.69, 9.17) is 4.98 Å². The van der Waals surface area contributed by atoms with Crippen LogP contribution >= 0.6 is 0 Å². The van der Waals surface area contributed by atoms with Gasteiger partial charge in [-0.3, -0.25) is 9.48 Å². The molecular weight excluding hydrogens is 400 g/mol. The molecule has 0 radical (unpaired) electrons. The molecule has 3 aromatic heterocycles. The fraction of sp³-hybridized carbons (Fsp3) is 0.360. The SMILES string of the molecule is CCn1nc(C)c2c(C(=O)N(C)Cc3c(C)nn(C)c3C)cc(-c3ccc(C)cc3)nc21. The number of amides is 1. The lowest BCUT2D eigenvalue weighted by Gasteiger charge is -2.19. The Labute approximate surface area is 188 Å². The van der Waals surface area contributed by atoms with Crippen molar-refractivity contribution in [1.29, 1.82) is 0 Å². The van der Waals surface area contributed by atoms with Crippen LogP contribution in [-0.2, 0) is 20.1 Å². The molecule has 0 spiro atoms. The van der Waals surface area contributed by atoms with Gasteiger partial charge in [0.1, 0.15) is 0 Å². The standard InChI is InChI=1S/C25H30N6O/c1-8-31-24-23(17(4)28-31)20(13-22(26-24)19-11-9-15(2)10-12-19)25(32)29(6)14-21-16(3)27-30(7)18(21)5/h9-13H,8,14H2,1-7H3. The van der Waals surface area contributed by atoms with E-state index in [1.54, 1.807) is 4.90 Å². The van der Waals surface area contributed by atoms with Crippen LogP contribution in [0.2, 0.25) is 0 Å². The van der Waals surface area contributed by atoms with E-state index in [1.165, 1.54) is 5.56 Å². The minimum absolute atomic E-state index is 0.0489. The number of carbonyl (C=O) groups is 1. The number of hydrogen-bond acceptors (Lipinski definition) is 4. The van der Waals surface area contributed by atoms with Crippen LogP contribution in [0.4, 0.5) is 0 Å². The molecule has 0 N–H and O–H groups in total. The first-order valence-electron chi connectivity index (χ1n) is 10.9. The maximum atomic E-state index is 13.7. The van der Waals surface area contributed by atoms with E-state index in [0.717, 1.165) is 44.9 Å². The quantitative estimate of drug-likeness (QED) is 0.472. The number of benzene rings is 1. The Hall–Kier alpha value is -3.48. The molecule has 1 amide bonds. The Bertz CT molecular complexity index is 1310. The number of nitrogens with zero attached hydrogens (tertiary/aromatic N) is 6. The van der Waals surface area contributed by atoms with Crippen LogP contribution in [0.25, 0.3) is 22.3 Å². The van der Waals surface area contributed by atoms with Crippen molar-refractivity contribution in [1.82, 2.24) is 29.4 Å². The minimum atomic E-state index is -0.0489. The lowest BCUT2D eigenvalue weighted by atomic mass is 10.0. The molecule has 7 heteroatoms. The first-order chi connectivity index (χ1) is 15.2. The Balaban J connectivity index is 1.83. The molecule has 0 saturated heterocycles. The van der Waals surface area contributed by atoms with Gasteiger partial charge in [-0.15, -0.1) is 0 Å². The van der Waals surface area contributed by atoms with E-state index < -0.39 is 0 Å². The summed E-state index contributed by atoms with van der Waals surface area (Å²) in [7, 11) is 3.77. The van der Waals surface area contributed by atoms with E-state index in [2.05, 4.69) is 29.3 Å². The van der Waals surface area contributed by atoms with Gasteiger partial charge < -0.3 is 4.90 Å². The molecule has 1 aromatic carbocycles. The Morgan fingerprint density at radius 3 is 2.31 bits per heavy atom. The predicted molar refractivity (Wildman–Crippen MR) is 127 cm³/mol. The molecule has 0 aliphatic carbocycles. The first kappa shape index (κ1) is 21.7. The molecule has 0 aliphatic rings. The van der Waals surface area contributed by atoms with Gasteiger partial charge in [-0.1, -0.05) is 29.8 Å². The van der Waals surface area contributed by atoms with Crippen molar-refractivity contribution in [3.8, 4) is 11.3 Å². The maximum absolute atomic E-state index is 13.7. The van der Waals surface area contributed by atoms with Crippen LogP contribution in [0.1, 0.15) is 45.5 Å². The lowest BCUT2D eigenvalue weighted by Crippen LogP contribution is -2.27. The second-order valence-electron chi connectivity index (χ2n) is 8.46. The molecule has 0 atom stereocenters. The van der Waals surface area contributed by atoms with Crippen molar-refractivity contribution in [2.75, 3.05) is 7.05 Å². The topological polar surface area (TPSA) is 68.8 Å². The molecule has 0 aliphatic heterocycles. The van der Waals surface area contributed by atoms with Gasteiger partial charge in [-0.2, -0.15) is 10.2 Å². The second-order valence-corrected chi connectivity index (χ2v) is 8.46. The fourth-order valence-electron chi connectivity index (χ4n) is 4.18. The van der Waals surface area contributed by atoms with E-state index in [1.807, 2.05) is 69.4 Å². The van der Waals surface area contributed by atoms with E-state index in [-0.39, 0.29) is 5.91 Å². The van der Waals surface area contributed by atoms with Crippen molar-refractivity contribution >= 4 is 16.9 Å². The normalized spacial score (nSPS) is 11.3. The van der Waals surface area contributed by atoms with Gasteiger partial charge in [0, 0.05) is 44.0 Å². The summed E-state index contributed by atoms with van der Waals surface area (Å²) in [4.78, 5) is 20.4. The summed E-state index contributed by atoms with van der Waals surface area (Å²) in [5, 5.41) is 9.95. The van der Waals surface area contributed by atoms with E-state index in [9.17, 15) is 4.79 Å². The highest BCUT2D eigenvalue weighted by molar-refractivity contribution is 6.07. The zero-order valence-corrected chi connectivity index (χ0v) is 19.9. The molecule has 7 nitrogen and oxygen atoms in total. The lowest BCUT2D eigenvalue weighted by molar-refractivity contribution is 0.0786. The number of fused-ring (bicyclic) bond motifs is 1. The van der Waals surface area contributed by atoms with Crippen LogP contribution in [0.15, 0.2) is 30.3 Å². The average molecular weight is 431 g/mol. The number of pyridine rings is 1. The van der Waals surface area contributed by atoms with Crippen LogP contribution < -0.4 is 0 Å². The molecule has 0 fully saturated rings. The molecule has 3 heterocycles. The highest BCUT2D eigenvalue weighted by Crippen LogP contribution is 2.29. The predicted octanol–water partition coefficient (Wildman–Crippen LogP) is 4.36. The van der Waals surface area contributed by atoms with Crippen molar-refractivity contribution in [2.24, 2.45) is 7.05 Å². The average Bonchev–Trinajstić information content (AvgIpc) is 3.23. The molecule has 0 unspecified atom stereocenters. The Kier molecular flexibility index (Phi) is 5.59. The molecular formula is C25H30N6O. The van der Waals surface area contributed by atoms with E-state index in [0.29, 0.717) is 18.7 Å². The zero-order chi connectivity index (χ0) is 23.2. The summed E-state index contributed by atoms with van der Waals surface area (Å²) in [6, 6.07) is 10.1. The smallest absolute Gasteiger partial charge is 0.254 e. The third kappa shape index (κ3) is 3.68. The van der Waals surface area contributed by atoms with Crippen molar-refractivity contribution in [2.45, 2.75) is 47.7 Å². The van der Waals surface area contributed by atoms with Crippen LogP contribution in [-0.4, -0.2) is 42.4 Å². The summed E-state index contributed by atoms with van der Waals surface area (Å²) >= 11 is 0. The van der Waals surface area contributed by atoms with Gasteiger partial charge in [0.15, 0.2) is 5.65 Å². The van der Waals surface area contributed by atoms with Crippen LogP contribution in [0.3, 0.4) is 0 Å². The van der Waals surface area contributed by atoms with E-state index >= 15 is 0 Å². The van der Waals surface area contributed by atoms with Crippen molar-refractivity contribution in [3.05, 3.63) is 64.1 Å². The van der Waals surface area contributed by atoms with Gasteiger partial charge in [-0.25, -0.2) is 9.67 Å². The third-order valence-corrected chi connectivity index (χ3v) is 6.16. The summed E-state index contributed by atoms with van der Waals surface area (Å²) in [5.74, 6) is -0.0489. The Morgan fingerprint density at radius 1 is 1.03 bits per heavy atom. The molecule has 166 valence electrons. The largest absolute Gasteiger partial charge is 0.337 e. The summed E-state index contributed by atoms with van der Waals surface area (Å²) in [6.45, 7) is 11.2. The van der Waals surface area contributed by atoms with Crippen molar-refractivity contribution < 1.29 is 4.79 Å². The summed E-state index contributed by atoms with van der Waals surface area (Å²) in [6.07, 6.45) is 0. The molecule has 0 bridgehead atoms. The highest BCUT2D eigenvalue weighted by Gasteiger charge is 2.23. The minimum Gasteiger partial charge on any atom is -0.337 e. The Morgan fingerprint density at radius 2 is 1.72 bits per heavy atom. The van der Waals surface area contributed by atoms with Crippen LogP contribution in [0, 0.1) is 27.7 Å². The second kappa shape index (κ2) is 8.22. The molecule has 0 saturated carbocycles. The van der Waals surface area contributed by atoms with Gasteiger partial charge in [0.2, 0.25) is 0 Å². The summed E-state index contributed by atoms with van der Waals surface area (Å²) in [5.41, 5.74) is 8.22. The van der Waals surface area contributed by atoms with Gasteiger partial charge in [0.05, 0.1) is 28.0 Å². The summed E-state index contributed by atoms with van der Waals surface area (Å²) < 4.78 is 3.73. The van der Waals surface area contributed by atoms with Gasteiger partial charge >= 0.3 is 0 Å². The molecule has 32 heavy (non-hydrogen) atoms.